The Morgan fingerprint density at radius 2 is 1.95 bits per heavy atom. The molecule has 0 aliphatic carbocycles. The van der Waals surface area contributed by atoms with E-state index < -0.39 is 11.0 Å². The molecule has 0 saturated heterocycles. The lowest BCUT2D eigenvalue weighted by Gasteiger charge is -2.22. The third-order valence-electron chi connectivity index (χ3n) is 2.82. The van der Waals surface area contributed by atoms with Crippen molar-refractivity contribution in [2.75, 3.05) is 18.9 Å². The zero-order chi connectivity index (χ0) is 15.4. The van der Waals surface area contributed by atoms with E-state index in [0.29, 0.717) is 12.2 Å². The molecule has 0 heterocycles. The van der Waals surface area contributed by atoms with E-state index in [1.165, 1.54) is 12.1 Å². The number of carbonyl (C=O) groups is 1. The van der Waals surface area contributed by atoms with Gasteiger partial charge >= 0.3 is 0 Å². The molecule has 110 valence electrons. The number of hydrogen-bond donors (Lipinski definition) is 1. The number of benzene rings is 1. The monoisotopic (exact) mass is 319 g/mol. The van der Waals surface area contributed by atoms with Gasteiger partial charge in [0.05, 0.1) is 20.7 Å². The van der Waals surface area contributed by atoms with E-state index in [0.717, 1.165) is 0 Å². The minimum Gasteiger partial charge on any atom is -0.371 e. The summed E-state index contributed by atoms with van der Waals surface area (Å²) in [6.07, 6.45) is 0. The Bertz CT molecular complexity index is 514. The van der Waals surface area contributed by atoms with Crippen molar-refractivity contribution < 1.29 is 9.72 Å². The Morgan fingerprint density at radius 1 is 1.45 bits per heavy atom. The summed E-state index contributed by atoms with van der Waals surface area (Å²) in [7, 11) is 1.68. The number of likely N-dealkylation sites (N-methyl/N-ethyl adjacent to an activating group) is 1. The number of amides is 1. The molecule has 0 aliphatic rings. The predicted octanol–water partition coefficient (Wildman–Crippen LogP) is 3.18. The average Bonchev–Trinajstić information content (AvgIpc) is 2.40. The fourth-order valence-corrected chi connectivity index (χ4v) is 2.15. The van der Waals surface area contributed by atoms with Gasteiger partial charge < -0.3 is 10.2 Å². The second kappa shape index (κ2) is 6.76. The molecule has 0 saturated carbocycles. The summed E-state index contributed by atoms with van der Waals surface area (Å²) in [5.41, 5.74) is 0.111. The van der Waals surface area contributed by atoms with Gasteiger partial charge in [0.25, 0.3) is 5.69 Å². The molecule has 1 N–H and O–H groups in total. The average molecular weight is 320 g/mol. The summed E-state index contributed by atoms with van der Waals surface area (Å²) in [5.74, 6) is -0.127. The van der Waals surface area contributed by atoms with E-state index in [9.17, 15) is 14.9 Å². The molecule has 20 heavy (non-hydrogen) atoms. The standard InChI is InChI=1S/C12H15Cl2N3O3/c1-4-16(3)12(18)7(2)15-11-9(13)5-8(17(19)20)6-10(11)14/h5-7,15H,4H2,1-3H3. The summed E-state index contributed by atoms with van der Waals surface area (Å²) >= 11 is 11.9. The maximum absolute atomic E-state index is 11.9. The number of halogens is 2. The van der Waals surface area contributed by atoms with Crippen molar-refractivity contribution >= 4 is 40.5 Å². The highest BCUT2D eigenvalue weighted by Gasteiger charge is 2.20. The van der Waals surface area contributed by atoms with Crippen LogP contribution < -0.4 is 5.32 Å². The van der Waals surface area contributed by atoms with E-state index in [1.807, 2.05) is 6.92 Å². The van der Waals surface area contributed by atoms with Crippen molar-refractivity contribution in [1.29, 1.82) is 0 Å². The molecule has 0 radical (unpaired) electrons. The minimum absolute atomic E-state index is 0.100. The Kier molecular flexibility index (Phi) is 5.59. The zero-order valence-electron chi connectivity index (χ0n) is 11.3. The van der Waals surface area contributed by atoms with E-state index in [-0.39, 0.29) is 21.6 Å². The normalized spacial score (nSPS) is 11.8. The molecule has 1 atom stereocenters. The highest BCUT2D eigenvalue weighted by atomic mass is 35.5. The fourth-order valence-electron chi connectivity index (χ4n) is 1.57. The van der Waals surface area contributed by atoms with Gasteiger partial charge in [0.1, 0.15) is 6.04 Å². The third-order valence-corrected chi connectivity index (χ3v) is 3.42. The largest absolute Gasteiger partial charge is 0.371 e. The first-order valence-corrected chi connectivity index (χ1v) is 6.68. The van der Waals surface area contributed by atoms with Gasteiger partial charge in [-0.05, 0) is 13.8 Å². The van der Waals surface area contributed by atoms with Crippen LogP contribution in [0.25, 0.3) is 0 Å². The number of nitro groups is 1. The van der Waals surface area contributed by atoms with E-state index in [1.54, 1.807) is 18.9 Å². The van der Waals surface area contributed by atoms with Crippen LogP contribution >= 0.6 is 23.2 Å². The number of hydrogen-bond acceptors (Lipinski definition) is 4. The van der Waals surface area contributed by atoms with Crippen molar-refractivity contribution in [3.63, 3.8) is 0 Å². The summed E-state index contributed by atoms with van der Waals surface area (Å²) in [5, 5.41) is 13.8. The van der Waals surface area contributed by atoms with Gasteiger partial charge in [-0.3, -0.25) is 14.9 Å². The first kappa shape index (κ1) is 16.5. The Hall–Kier alpha value is -1.53. The predicted molar refractivity (Wildman–Crippen MR) is 79.5 cm³/mol. The number of carbonyl (C=O) groups excluding carboxylic acids is 1. The molecule has 0 aromatic heterocycles. The van der Waals surface area contributed by atoms with Crippen LogP contribution in [-0.4, -0.2) is 35.4 Å². The number of nitrogens with one attached hydrogen (secondary N) is 1. The fraction of sp³-hybridized carbons (Fsp3) is 0.417. The molecule has 0 fully saturated rings. The molecule has 8 heteroatoms. The Labute approximate surface area is 126 Å². The lowest BCUT2D eigenvalue weighted by molar-refractivity contribution is -0.384. The molecule has 0 bridgehead atoms. The number of nitro benzene ring substituents is 1. The number of nitrogens with zero attached hydrogens (tertiary/aromatic N) is 2. The Morgan fingerprint density at radius 3 is 2.35 bits per heavy atom. The second-order valence-corrected chi connectivity index (χ2v) is 5.07. The van der Waals surface area contributed by atoms with Crippen LogP contribution in [0.1, 0.15) is 13.8 Å². The lowest BCUT2D eigenvalue weighted by atomic mass is 10.2. The molecule has 0 spiro atoms. The summed E-state index contributed by atoms with van der Waals surface area (Å²) in [4.78, 5) is 23.6. The van der Waals surface area contributed by atoms with Crippen LogP contribution in [0.4, 0.5) is 11.4 Å². The topological polar surface area (TPSA) is 75.5 Å². The Balaban J connectivity index is 2.99. The minimum atomic E-state index is -0.582. The van der Waals surface area contributed by atoms with Crippen molar-refractivity contribution in [3.8, 4) is 0 Å². The van der Waals surface area contributed by atoms with Gasteiger partial charge in [-0.25, -0.2) is 0 Å². The summed E-state index contributed by atoms with van der Waals surface area (Å²) in [6.45, 7) is 4.10. The highest BCUT2D eigenvalue weighted by Crippen LogP contribution is 2.35. The first-order valence-electron chi connectivity index (χ1n) is 5.92. The van der Waals surface area contributed by atoms with Gasteiger partial charge in [-0.1, -0.05) is 23.2 Å². The molecular formula is C12H15Cl2N3O3. The lowest BCUT2D eigenvalue weighted by Crippen LogP contribution is -2.38. The van der Waals surface area contributed by atoms with Gasteiger partial charge in [-0.2, -0.15) is 0 Å². The van der Waals surface area contributed by atoms with Gasteiger partial charge in [0.15, 0.2) is 0 Å². The maximum Gasteiger partial charge on any atom is 0.272 e. The molecule has 1 rings (SSSR count). The quantitative estimate of drug-likeness (QED) is 0.668. The smallest absolute Gasteiger partial charge is 0.272 e. The van der Waals surface area contributed by atoms with Crippen LogP contribution in [0.2, 0.25) is 10.0 Å². The maximum atomic E-state index is 11.9. The van der Waals surface area contributed by atoms with E-state index in [2.05, 4.69) is 5.32 Å². The van der Waals surface area contributed by atoms with Gasteiger partial charge in [0.2, 0.25) is 5.91 Å². The SMILES string of the molecule is CCN(C)C(=O)C(C)Nc1c(Cl)cc([N+](=O)[O-])cc1Cl. The molecule has 1 aromatic carbocycles. The molecule has 1 aromatic rings. The molecule has 1 unspecified atom stereocenters. The van der Waals surface area contributed by atoms with Gasteiger partial charge in [-0.15, -0.1) is 0 Å². The first-order chi connectivity index (χ1) is 9.27. The van der Waals surface area contributed by atoms with Crippen molar-refractivity contribution in [2.45, 2.75) is 19.9 Å². The van der Waals surface area contributed by atoms with Crippen LogP contribution in [-0.2, 0) is 4.79 Å². The second-order valence-electron chi connectivity index (χ2n) is 4.26. The third kappa shape index (κ3) is 3.74. The van der Waals surface area contributed by atoms with Crippen molar-refractivity contribution in [3.05, 3.63) is 32.3 Å². The molecule has 1 amide bonds. The van der Waals surface area contributed by atoms with Crippen LogP contribution in [0.3, 0.4) is 0 Å². The highest BCUT2D eigenvalue weighted by molar-refractivity contribution is 6.39. The zero-order valence-corrected chi connectivity index (χ0v) is 12.8. The number of non-ortho nitro benzene ring substituents is 1. The van der Waals surface area contributed by atoms with Gasteiger partial charge in [0, 0.05) is 25.7 Å². The van der Waals surface area contributed by atoms with Crippen LogP contribution in [0.15, 0.2) is 12.1 Å². The molecule has 0 aliphatic heterocycles. The number of anilines is 1. The summed E-state index contributed by atoms with van der Waals surface area (Å²) < 4.78 is 0. The molecular weight excluding hydrogens is 305 g/mol. The number of rotatable bonds is 5. The summed E-state index contributed by atoms with van der Waals surface area (Å²) in [6, 6.07) is 1.84. The van der Waals surface area contributed by atoms with E-state index in [4.69, 9.17) is 23.2 Å². The van der Waals surface area contributed by atoms with Crippen LogP contribution in [0, 0.1) is 10.1 Å². The van der Waals surface area contributed by atoms with Crippen molar-refractivity contribution in [2.24, 2.45) is 0 Å². The molecule has 6 nitrogen and oxygen atoms in total. The van der Waals surface area contributed by atoms with E-state index >= 15 is 0 Å². The van der Waals surface area contributed by atoms with Crippen molar-refractivity contribution in [1.82, 2.24) is 4.90 Å². The van der Waals surface area contributed by atoms with Crippen LogP contribution in [0.5, 0.6) is 0 Å².